The molecule has 0 aliphatic carbocycles. The minimum Gasteiger partial charge on any atom is -0.506 e. The maximum absolute atomic E-state index is 12.0. The summed E-state index contributed by atoms with van der Waals surface area (Å²) in [6.45, 7) is 1.34. The molecule has 3 aromatic rings. The number of sulfonamides is 1. The van der Waals surface area contributed by atoms with Gasteiger partial charge < -0.3 is 5.11 Å². The number of thiazole rings is 1. The van der Waals surface area contributed by atoms with Gasteiger partial charge in [0.25, 0.3) is 0 Å². The lowest BCUT2D eigenvalue weighted by molar-refractivity contribution is -0.111. The minimum atomic E-state index is -3.94. The topological polar surface area (TPSA) is 135 Å². The van der Waals surface area contributed by atoms with Crippen molar-refractivity contribution in [3.63, 3.8) is 0 Å². The quantitative estimate of drug-likeness (QED) is 0.347. The van der Waals surface area contributed by atoms with Crippen LogP contribution in [0.1, 0.15) is 11.9 Å². The summed E-state index contributed by atoms with van der Waals surface area (Å²) in [5.74, 6) is -0.577. The average Bonchev–Trinajstić information content (AvgIpc) is 2.98. The number of hydrogen-bond acceptors (Lipinski definition) is 8. The van der Waals surface area contributed by atoms with E-state index in [1.54, 1.807) is 0 Å². The second kappa shape index (κ2) is 6.83. The Kier molecular flexibility index (Phi) is 4.72. The highest BCUT2D eigenvalue weighted by molar-refractivity contribution is 7.89. The van der Waals surface area contributed by atoms with Crippen molar-refractivity contribution in [2.24, 2.45) is 10.2 Å². The molecular weight excluding hydrogens is 376 g/mol. The van der Waals surface area contributed by atoms with E-state index >= 15 is 0 Å². The van der Waals surface area contributed by atoms with Gasteiger partial charge >= 0.3 is 0 Å². The van der Waals surface area contributed by atoms with Crippen LogP contribution in [0.3, 0.4) is 0 Å². The Morgan fingerprint density at radius 1 is 1.27 bits per heavy atom. The number of para-hydroxylation sites is 1. The van der Waals surface area contributed by atoms with Crippen LogP contribution in [0, 0.1) is 0 Å². The monoisotopic (exact) mass is 390 g/mol. The van der Waals surface area contributed by atoms with E-state index in [0.29, 0.717) is 5.01 Å². The number of ketones is 1. The molecule has 0 aliphatic rings. The van der Waals surface area contributed by atoms with Crippen LogP contribution in [0.5, 0.6) is 5.75 Å². The third kappa shape index (κ3) is 3.72. The van der Waals surface area contributed by atoms with Crippen LogP contribution in [0.15, 0.2) is 52.5 Å². The number of phenolic OH excluding ortho intramolecular Hbond substituents is 1. The summed E-state index contributed by atoms with van der Waals surface area (Å²) in [5, 5.41) is 19.4. The van der Waals surface area contributed by atoms with Crippen molar-refractivity contribution in [2.75, 3.05) is 5.43 Å². The van der Waals surface area contributed by atoms with Gasteiger partial charge in [-0.05, 0) is 30.3 Å². The summed E-state index contributed by atoms with van der Waals surface area (Å²) in [6, 6.07) is 10.9. The summed E-state index contributed by atoms with van der Waals surface area (Å²) in [5.41, 5.74) is 3.31. The number of fused-ring (bicyclic) bond motifs is 1. The molecule has 1 heterocycles. The van der Waals surface area contributed by atoms with E-state index < -0.39 is 10.0 Å². The van der Waals surface area contributed by atoms with Crippen LogP contribution >= 0.6 is 11.3 Å². The molecule has 1 aromatic heterocycles. The Hall–Kier alpha value is -2.82. The van der Waals surface area contributed by atoms with Gasteiger partial charge in [0.1, 0.15) is 10.8 Å². The van der Waals surface area contributed by atoms with Gasteiger partial charge in [-0.1, -0.05) is 12.1 Å². The molecule has 4 N–H and O–H groups in total. The number of anilines is 1. The van der Waals surface area contributed by atoms with Crippen molar-refractivity contribution < 1.29 is 18.3 Å². The SMILES string of the molecule is CC(=O)C(=NNc1cc(S(N)(=O)=O)ccc1O)c1nc2ccccc2s1. The number of primary sulfonamides is 1. The molecule has 10 heteroatoms. The van der Waals surface area contributed by atoms with Gasteiger partial charge in [0.2, 0.25) is 10.0 Å². The van der Waals surface area contributed by atoms with Crippen molar-refractivity contribution in [3.05, 3.63) is 47.5 Å². The molecule has 3 rings (SSSR count). The minimum absolute atomic E-state index is 0.00335. The van der Waals surface area contributed by atoms with Crippen LogP contribution in [0.2, 0.25) is 0 Å². The summed E-state index contributed by atoms with van der Waals surface area (Å²) < 4.78 is 23.8. The highest BCUT2D eigenvalue weighted by atomic mass is 32.2. The van der Waals surface area contributed by atoms with Crippen molar-refractivity contribution in [2.45, 2.75) is 11.8 Å². The summed E-state index contributed by atoms with van der Waals surface area (Å²) >= 11 is 1.30. The lowest BCUT2D eigenvalue weighted by Gasteiger charge is -2.07. The molecule has 26 heavy (non-hydrogen) atoms. The van der Waals surface area contributed by atoms with Crippen molar-refractivity contribution in [3.8, 4) is 5.75 Å². The molecular formula is C16H14N4O4S2. The van der Waals surface area contributed by atoms with Gasteiger partial charge in [-0.15, -0.1) is 11.3 Å². The zero-order chi connectivity index (χ0) is 18.9. The predicted molar refractivity (Wildman–Crippen MR) is 99.9 cm³/mol. The second-order valence-corrected chi connectivity index (χ2v) is 7.93. The van der Waals surface area contributed by atoms with Gasteiger partial charge in [-0.2, -0.15) is 5.10 Å². The number of rotatable bonds is 5. The molecule has 0 radical (unpaired) electrons. The normalized spacial score (nSPS) is 12.3. The van der Waals surface area contributed by atoms with Crippen LogP contribution in [0.25, 0.3) is 10.2 Å². The number of carbonyl (C=O) groups is 1. The third-order valence-electron chi connectivity index (χ3n) is 3.41. The molecule has 0 saturated carbocycles. The van der Waals surface area contributed by atoms with Crippen molar-refractivity contribution in [1.82, 2.24) is 4.98 Å². The van der Waals surface area contributed by atoms with Crippen LogP contribution in [-0.4, -0.2) is 30.0 Å². The molecule has 2 aromatic carbocycles. The number of Topliss-reactive ketones (excluding diaryl/α,β-unsaturated/α-hetero) is 1. The zero-order valence-electron chi connectivity index (χ0n) is 13.5. The molecule has 0 fully saturated rings. The highest BCUT2D eigenvalue weighted by Crippen LogP contribution is 2.27. The van der Waals surface area contributed by atoms with Crippen molar-refractivity contribution in [1.29, 1.82) is 0 Å². The van der Waals surface area contributed by atoms with E-state index in [1.807, 2.05) is 24.3 Å². The lowest BCUT2D eigenvalue weighted by atomic mass is 10.3. The highest BCUT2D eigenvalue weighted by Gasteiger charge is 2.16. The number of benzene rings is 2. The first-order valence-corrected chi connectivity index (χ1v) is 9.68. The largest absolute Gasteiger partial charge is 0.506 e. The maximum Gasteiger partial charge on any atom is 0.238 e. The van der Waals surface area contributed by atoms with Gasteiger partial charge in [0.05, 0.1) is 20.8 Å². The van der Waals surface area contributed by atoms with E-state index in [-0.39, 0.29) is 27.8 Å². The molecule has 134 valence electrons. The fourth-order valence-corrected chi connectivity index (χ4v) is 3.69. The molecule has 0 saturated heterocycles. The number of aromatic nitrogens is 1. The smallest absolute Gasteiger partial charge is 0.238 e. The van der Waals surface area contributed by atoms with E-state index in [9.17, 15) is 18.3 Å². The van der Waals surface area contributed by atoms with Crippen LogP contribution in [0.4, 0.5) is 5.69 Å². The lowest BCUT2D eigenvalue weighted by Crippen LogP contribution is -2.14. The number of carbonyl (C=O) groups excluding carboxylic acids is 1. The molecule has 0 spiro atoms. The van der Waals surface area contributed by atoms with Gasteiger partial charge in [0, 0.05) is 6.92 Å². The number of phenols is 1. The van der Waals surface area contributed by atoms with E-state index in [2.05, 4.69) is 15.5 Å². The number of hydrazone groups is 1. The number of nitrogens with one attached hydrogen (secondary N) is 1. The fraction of sp³-hybridized carbons (Fsp3) is 0.0625. The standard InChI is InChI=1S/C16H14N4O4S2/c1-9(21)15(16-18-11-4-2-3-5-14(11)25-16)20-19-12-8-10(26(17,23)24)6-7-13(12)22/h2-8,19,22H,1H3,(H2,17,23,24). The number of aromatic hydroxyl groups is 1. The molecule has 0 unspecified atom stereocenters. The van der Waals surface area contributed by atoms with Gasteiger partial charge in [0.15, 0.2) is 11.5 Å². The average molecular weight is 390 g/mol. The van der Waals surface area contributed by atoms with Gasteiger partial charge in [-0.25, -0.2) is 18.5 Å². The van der Waals surface area contributed by atoms with Crippen molar-refractivity contribution >= 4 is 48.8 Å². The Balaban J connectivity index is 2.00. The van der Waals surface area contributed by atoms with E-state index in [1.165, 1.54) is 30.4 Å². The molecule has 0 amide bonds. The first kappa shape index (κ1) is 18.0. The van der Waals surface area contributed by atoms with Crippen LogP contribution in [-0.2, 0) is 14.8 Å². The first-order valence-electron chi connectivity index (χ1n) is 7.32. The Morgan fingerprint density at radius 3 is 2.65 bits per heavy atom. The Bertz CT molecular complexity index is 1100. The molecule has 0 bridgehead atoms. The number of nitrogens with zero attached hydrogens (tertiary/aromatic N) is 2. The molecule has 0 atom stereocenters. The first-order chi connectivity index (χ1) is 12.3. The van der Waals surface area contributed by atoms with Gasteiger partial charge in [-0.3, -0.25) is 10.2 Å². The maximum atomic E-state index is 12.0. The Morgan fingerprint density at radius 2 is 2.00 bits per heavy atom. The molecule has 0 aliphatic heterocycles. The van der Waals surface area contributed by atoms with E-state index in [4.69, 9.17) is 5.14 Å². The number of hydrogen-bond donors (Lipinski definition) is 3. The fourth-order valence-electron chi connectivity index (χ4n) is 2.15. The number of nitrogens with two attached hydrogens (primary N) is 1. The summed E-state index contributed by atoms with van der Waals surface area (Å²) in [4.78, 5) is 16.1. The van der Waals surface area contributed by atoms with E-state index in [0.717, 1.165) is 16.3 Å². The summed E-state index contributed by atoms with van der Waals surface area (Å²) in [6.07, 6.45) is 0. The molecule has 8 nitrogen and oxygen atoms in total. The zero-order valence-corrected chi connectivity index (χ0v) is 15.1. The van der Waals surface area contributed by atoms with Crippen LogP contribution < -0.4 is 10.6 Å². The predicted octanol–water partition coefficient (Wildman–Crippen LogP) is 2.05. The second-order valence-electron chi connectivity index (χ2n) is 5.34. The Labute approximate surface area is 153 Å². The third-order valence-corrected chi connectivity index (χ3v) is 5.37. The summed E-state index contributed by atoms with van der Waals surface area (Å²) in [7, 11) is -3.94.